The Morgan fingerprint density at radius 2 is 0.897 bits per heavy atom. The minimum Gasteiger partial charge on any atom is -0.277 e. The van der Waals surface area contributed by atoms with Gasteiger partial charge >= 0.3 is 0 Å². The van der Waals surface area contributed by atoms with Gasteiger partial charge in [-0.15, -0.1) is 0 Å². The smallest absolute Gasteiger partial charge is 0.238 e. The van der Waals surface area contributed by atoms with E-state index in [0.717, 1.165) is 60.0 Å². The summed E-state index contributed by atoms with van der Waals surface area (Å²) in [4.78, 5) is 16.2. The molecule has 11 aromatic rings. The fourth-order valence-corrected chi connectivity index (χ4v) is 9.60. The number of hydrogen-bond donors (Lipinski definition) is 0. The minimum atomic E-state index is -0.129. The Balaban J connectivity index is 1.22. The average Bonchev–Trinajstić information content (AvgIpc) is 3.75. The molecule has 0 radical (unpaired) electrons. The normalized spacial score (nSPS) is 13.1. The molecule has 272 valence electrons. The third-order valence-corrected chi connectivity index (χ3v) is 12.4. The van der Waals surface area contributed by atoms with Crippen LogP contribution >= 0.6 is 0 Å². The van der Waals surface area contributed by atoms with Gasteiger partial charge in [-0.3, -0.25) is 4.57 Å². The van der Waals surface area contributed by atoms with Gasteiger partial charge in [0, 0.05) is 38.3 Å². The van der Waals surface area contributed by atoms with Crippen molar-refractivity contribution in [1.82, 2.24) is 19.5 Å². The Morgan fingerprint density at radius 3 is 1.62 bits per heavy atom. The van der Waals surface area contributed by atoms with Gasteiger partial charge in [0.15, 0.2) is 11.6 Å². The molecule has 0 atom stereocenters. The lowest BCUT2D eigenvalue weighted by atomic mass is 9.82. The van der Waals surface area contributed by atoms with Crippen LogP contribution in [-0.4, -0.2) is 19.5 Å². The van der Waals surface area contributed by atoms with Crippen LogP contribution in [0.15, 0.2) is 182 Å². The van der Waals surface area contributed by atoms with E-state index in [0.29, 0.717) is 17.6 Å². The van der Waals surface area contributed by atoms with Crippen LogP contribution in [0.25, 0.3) is 105 Å². The first-order chi connectivity index (χ1) is 28.5. The zero-order valence-electron chi connectivity index (χ0n) is 32.1. The molecule has 0 aliphatic heterocycles. The van der Waals surface area contributed by atoms with Gasteiger partial charge in [0.2, 0.25) is 5.95 Å². The first kappa shape index (κ1) is 32.8. The summed E-state index contributed by atoms with van der Waals surface area (Å²) < 4.78 is 2.32. The van der Waals surface area contributed by atoms with Gasteiger partial charge < -0.3 is 0 Å². The number of nitrogens with zero attached hydrogens (tertiary/aromatic N) is 4. The van der Waals surface area contributed by atoms with Crippen LogP contribution in [0, 0.1) is 0 Å². The van der Waals surface area contributed by atoms with Crippen LogP contribution in [0.3, 0.4) is 0 Å². The quantitative estimate of drug-likeness (QED) is 0.180. The van der Waals surface area contributed by atoms with Gasteiger partial charge in [0.1, 0.15) is 0 Å². The Morgan fingerprint density at radius 1 is 0.379 bits per heavy atom. The van der Waals surface area contributed by atoms with Crippen LogP contribution < -0.4 is 0 Å². The number of aromatic nitrogens is 4. The van der Waals surface area contributed by atoms with Crippen LogP contribution in [0.1, 0.15) is 25.0 Å². The lowest BCUT2D eigenvalue weighted by Crippen LogP contribution is -2.14. The molecule has 0 fully saturated rings. The summed E-state index contributed by atoms with van der Waals surface area (Å²) in [6.07, 6.45) is 0. The van der Waals surface area contributed by atoms with Crippen molar-refractivity contribution in [3.8, 4) is 51.0 Å². The molecule has 12 rings (SSSR count). The van der Waals surface area contributed by atoms with E-state index >= 15 is 0 Å². The topological polar surface area (TPSA) is 43.6 Å². The average molecular weight is 741 g/mol. The zero-order valence-corrected chi connectivity index (χ0v) is 32.1. The Hall–Kier alpha value is -7.43. The van der Waals surface area contributed by atoms with Gasteiger partial charge in [-0.1, -0.05) is 184 Å². The molecular weight excluding hydrogens is 705 g/mol. The number of rotatable bonds is 4. The molecule has 0 N–H and O–H groups in total. The van der Waals surface area contributed by atoms with Crippen molar-refractivity contribution in [2.45, 2.75) is 19.3 Å². The molecule has 2 aromatic heterocycles. The maximum Gasteiger partial charge on any atom is 0.238 e. The van der Waals surface area contributed by atoms with E-state index in [1.165, 1.54) is 38.6 Å². The van der Waals surface area contributed by atoms with E-state index in [-0.39, 0.29) is 5.41 Å². The van der Waals surface area contributed by atoms with Crippen LogP contribution in [-0.2, 0) is 5.41 Å². The number of hydrogen-bond acceptors (Lipinski definition) is 3. The number of fused-ring (bicyclic) bond motifs is 10. The summed E-state index contributed by atoms with van der Waals surface area (Å²) in [5, 5.41) is 9.25. The Bertz CT molecular complexity index is 3400. The highest BCUT2D eigenvalue weighted by atomic mass is 15.2. The molecule has 0 bridgehead atoms. The zero-order chi connectivity index (χ0) is 38.5. The molecule has 0 amide bonds. The maximum absolute atomic E-state index is 5.45. The van der Waals surface area contributed by atoms with Gasteiger partial charge in [-0.05, 0) is 66.9 Å². The Kier molecular flexibility index (Phi) is 6.94. The third-order valence-electron chi connectivity index (χ3n) is 12.4. The van der Waals surface area contributed by atoms with Crippen LogP contribution in [0.5, 0.6) is 0 Å². The lowest BCUT2D eigenvalue weighted by molar-refractivity contribution is 0.660. The summed E-state index contributed by atoms with van der Waals surface area (Å²) in [7, 11) is 0. The number of benzene rings is 9. The van der Waals surface area contributed by atoms with Crippen LogP contribution in [0.4, 0.5) is 0 Å². The molecule has 0 saturated carbocycles. The molecule has 0 spiro atoms. The molecule has 58 heavy (non-hydrogen) atoms. The van der Waals surface area contributed by atoms with E-state index in [4.69, 9.17) is 15.0 Å². The summed E-state index contributed by atoms with van der Waals surface area (Å²) >= 11 is 0. The largest absolute Gasteiger partial charge is 0.277 e. The summed E-state index contributed by atoms with van der Waals surface area (Å²) in [6, 6.07) is 65.5. The predicted molar refractivity (Wildman–Crippen MR) is 241 cm³/mol. The van der Waals surface area contributed by atoms with Crippen LogP contribution in [0.2, 0.25) is 0 Å². The monoisotopic (exact) mass is 740 g/mol. The first-order valence-electron chi connectivity index (χ1n) is 19.9. The second-order valence-electron chi connectivity index (χ2n) is 16.0. The fraction of sp³-hybridized carbons (Fsp3) is 0.0556. The molecule has 4 heteroatoms. The molecular formula is C54H36N4. The molecule has 0 unspecified atom stereocenters. The molecule has 1 aliphatic carbocycles. The van der Waals surface area contributed by atoms with E-state index in [9.17, 15) is 0 Å². The van der Waals surface area contributed by atoms with Gasteiger partial charge in [-0.25, -0.2) is 4.98 Å². The highest BCUT2D eigenvalue weighted by Gasteiger charge is 2.37. The standard InChI is InChI=1S/C54H36N4/c1-54(2)46-23-10-9-19-45(46)48-41(20-12-24-47(48)54)42-21-11-22-43-44-30-29-35-15-7-8-18-40(35)49(44)58(50(42)43)53-56-51(38-27-25-33-13-3-5-16-36(33)31-38)55-52(57-53)39-28-26-34-14-4-6-17-37(34)32-39/h3-32H,1-2H3. The van der Waals surface area contributed by atoms with Gasteiger partial charge in [-0.2, -0.15) is 9.97 Å². The van der Waals surface area contributed by atoms with E-state index in [1.807, 2.05) is 0 Å². The summed E-state index contributed by atoms with van der Waals surface area (Å²) in [5.74, 6) is 1.84. The van der Waals surface area contributed by atoms with Crippen molar-refractivity contribution in [3.05, 3.63) is 193 Å². The molecule has 4 nitrogen and oxygen atoms in total. The first-order valence-corrected chi connectivity index (χ1v) is 19.9. The highest BCUT2D eigenvalue weighted by Crippen LogP contribution is 2.53. The van der Waals surface area contributed by atoms with Crippen molar-refractivity contribution >= 4 is 54.1 Å². The SMILES string of the molecule is CC1(C)c2ccccc2-c2c(-c3cccc4c5ccc6ccccc6c5n(-c5nc(-c6ccc7ccccc7c6)nc(-c6ccc7ccccc7c6)n5)c34)cccc21. The highest BCUT2D eigenvalue weighted by molar-refractivity contribution is 6.21. The molecule has 1 aliphatic rings. The van der Waals surface area contributed by atoms with E-state index < -0.39 is 0 Å². The molecule has 2 heterocycles. The van der Waals surface area contributed by atoms with Crippen molar-refractivity contribution in [2.24, 2.45) is 0 Å². The summed E-state index contributed by atoms with van der Waals surface area (Å²) in [5.41, 5.74) is 11.5. The van der Waals surface area contributed by atoms with Gasteiger partial charge in [0.25, 0.3) is 0 Å². The van der Waals surface area contributed by atoms with Crippen molar-refractivity contribution in [2.75, 3.05) is 0 Å². The second-order valence-corrected chi connectivity index (χ2v) is 16.0. The second kappa shape index (κ2) is 12.3. The van der Waals surface area contributed by atoms with Crippen molar-refractivity contribution in [1.29, 1.82) is 0 Å². The van der Waals surface area contributed by atoms with E-state index in [2.05, 4.69) is 200 Å². The fourth-order valence-electron chi connectivity index (χ4n) is 9.60. The molecule has 9 aromatic carbocycles. The Labute approximate surface area is 335 Å². The predicted octanol–water partition coefficient (Wildman–Crippen LogP) is 13.7. The molecule has 0 saturated heterocycles. The third kappa shape index (κ3) is 4.78. The van der Waals surface area contributed by atoms with Crippen molar-refractivity contribution in [3.63, 3.8) is 0 Å². The van der Waals surface area contributed by atoms with Crippen molar-refractivity contribution < 1.29 is 0 Å². The minimum absolute atomic E-state index is 0.129. The lowest BCUT2D eigenvalue weighted by Gasteiger charge is -2.21. The summed E-state index contributed by atoms with van der Waals surface area (Å²) in [6.45, 7) is 4.69. The van der Waals surface area contributed by atoms with E-state index in [1.54, 1.807) is 0 Å². The van der Waals surface area contributed by atoms with Gasteiger partial charge in [0.05, 0.1) is 11.0 Å². The number of para-hydroxylation sites is 1. The maximum atomic E-state index is 5.45.